The quantitative estimate of drug-likeness (QED) is 0.753. The van der Waals surface area contributed by atoms with Crippen LogP contribution >= 0.6 is 0 Å². The van der Waals surface area contributed by atoms with Gasteiger partial charge in [-0.1, -0.05) is 0 Å². The van der Waals surface area contributed by atoms with Gasteiger partial charge < -0.3 is 15.0 Å². The molecule has 1 aromatic rings. The van der Waals surface area contributed by atoms with Crippen molar-refractivity contribution in [3.05, 3.63) is 18.0 Å². The lowest BCUT2D eigenvalue weighted by Crippen LogP contribution is -2.38. The first kappa shape index (κ1) is 14.7. The smallest absolute Gasteiger partial charge is 0.225 e. The Kier molecular flexibility index (Phi) is 4.70. The second kappa shape index (κ2) is 6.71. The summed E-state index contributed by atoms with van der Waals surface area (Å²) in [6.07, 6.45) is 9.18. The number of aromatic nitrogens is 2. The summed E-state index contributed by atoms with van der Waals surface area (Å²) in [5, 5.41) is 3.49. The van der Waals surface area contributed by atoms with Crippen LogP contribution in [0.15, 0.2) is 12.4 Å². The van der Waals surface area contributed by atoms with E-state index in [0.29, 0.717) is 12.6 Å². The van der Waals surface area contributed by atoms with E-state index in [1.807, 2.05) is 12.4 Å². The van der Waals surface area contributed by atoms with E-state index in [2.05, 4.69) is 27.1 Å². The van der Waals surface area contributed by atoms with Gasteiger partial charge in [-0.15, -0.1) is 0 Å². The molecule has 1 N–H and O–H groups in total. The van der Waals surface area contributed by atoms with Crippen LogP contribution in [0.1, 0.15) is 38.2 Å². The normalized spacial score (nSPS) is 19.5. The minimum absolute atomic E-state index is 0.496. The SMILES string of the molecule is COCCN(c1ncc(CNC2CC2)cn1)C(C)C1CC1. The number of ether oxygens (including phenoxy) is 1. The van der Waals surface area contributed by atoms with Crippen molar-refractivity contribution in [2.24, 2.45) is 5.92 Å². The Labute approximate surface area is 127 Å². The molecule has 2 saturated carbocycles. The Hall–Kier alpha value is -1.20. The van der Waals surface area contributed by atoms with Crippen LogP contribution < -0.4 is 10.2 Å². The third kappa shape index (κ3) is 4.14. The first-order valence-corrected chi connectivity index (χ1v) is 8.08. The van der Waals surface area contributed by atoms with Gasteiger partial charge in [-0.05, 0) is 38.5 Å². The van der Waals surface area contributed by atoms with Crippen LogP contribution in [0.4, 0.5) is 5.95 Å². The van der Waals surface area contributed by atoms with Gasteiger partial charge >= 0.3 is 0 Å². The highest BCUT2D eigenvalue weighted by Gasteiger charge is 2.33. The van der Waals surface area contributed by atoms with Crippen LogP contribution in [-0.2, 0) is 11.3 Å². The number of nitrogens with zero attached hydrogens (tertiary/aromatic N) is 3. The van der Waals surface area contributed by atoms with Gasteiger partial charge in [0.2, 0.25) is 5.95 Å². The molecule has 1 aromatic heterocycles. The standard InChI is InChI=1S/C16H26N4O/c1-12(14-3-4-14)20(7-8-21-2)16-18-10-13(11-19-16)9-17-15-5-6-15/h10-12,14-15,17H,3-9H2,1-2H3. The average Bonchev–Trinajstić information content (AvgIpc) is 3.40. The van der Waals surface area contributed by atoms with Gasteiger partial charge in [0, 0.05) is 50.2 Å². The van der Waals surface area contributed by atoms with Gasteiger partial charge in [0.1, 0.15) is 0 Å². The van der Waals surface area contributed by atoms with Gasteiger partial charge in [-0.3, -0.25) is 0 Å². The molecule has 5 heteroatoms. The zero-order valence-electron chi connectivity index (χ0n) is 13.1. The van der Waals surface area contributed by atoms with Crippen molar-refractivity contribution in [1.82, 2.24) is 15.3 Å². The van der Waals surface area contributed by atoms with Crippen molar-refractivity contribution in [3.63, 3.8) is 0 Å². The molecule has 1 heterocycles. The lowest BCUT2D eigenvalue weighted by atomic mass is 10.2. The Morgan fingerprint density at radius 1 is 1.29 bits per heavy atom. The maximum atomic E-state index is 5.23. The van der Waals surface area contributed by atoms with Crippen molar-refractivity contribution >= 4 is 5.95 Å². The Morgan fingerprint density at radius 2 is 2.00 bits per heavy atom. The zero-order valence-corrected chi connectivity index (χ0v) is 13.1. The van der Waals surface area contributed by atoms with Crippen LogP contribution in [0.25, 0.3) is 0 Å². The molecule has 116 valence electrons. The monoisotopic (exact) mass is 290 g/mol. The maximum Gasteiger partial charge on any atom is 0.225 e. The summed E-state index contributed by atoms with van der Waals surface area (Å²) in [7, 11) is 1.74. The van der Waals surface area contributed by atoms with Crippen molar-refractivity contribution in [2.75, 3.05) is 25.2 Å². The molecule has 2 aliphatic rings. The zero-order chi connectivity index (χ0) is 14.7. The van der Waals surface area contributed by atoms with Crippen molar-refractivity contribution in [2.45, 2.75) is 51.2 Å². The highest BCUT2D eigenvalue weighted by Crippen LogP contribution is 2.36. The molecule has 1 atom stereocenters. The Morgan fingerprint density at radius 3 is 2.57 bits per heavy atom. The van der Waals surface area contributed by atoms with Gasteiger partial charge in [-0.2, -0.15) is 0 Å². The van der Waals surface area contributed by atoms with Gasteiger partial charge in [0.15, 0.2) is 0 Å². The van der Waals surface area contributed by atoms with E-state index in [-0.39, 0.29) is 0 Å². The van der Waals surface area contributed by atoms with Gasteiger partial charge in [0.05, 0.1) is 6.61 Å². The van der Waals surface area contributed by atoms with Crippen molar-refractivity contribution in [3.8, 4) is 0 Å². The third-order valence-corrected chi connectivity index (χ3v) is 4.45. The maximum absolute atomic E-state index is 5.23. The van der Waals surface area contributed by atoms with Gasteiger partial charge in [0.25, 0.3) is 0 Å². The van der Waals surface area contributed by atoms with E-state index in [0.717, 1.165) is 36.6 Å². The molecule has 0 bridgehead atoms. The van der Waals surface area contributed by atoms with E-state index in [9.17, 15) is 0 Å². The molecule has 5 nitrogen and oxygen atoms in total. The molecule has 0 saturated heterocycles. The van der Waals surface area contributed by atoms with Crippen LogP contribution in [0.5, 0.6) is 0 Å². The lowest BCUT2D eigenvalue weighted by Gasteiger charge is -2.29. The number of hydrogen-bond donors (Lipinski definition) is 1. The predicted molar refractivity (Wildman–Crippen MR) is 83.3 cm³/mol. The number of rotatable bonds is 9. The molecule has 0 radical (unpaired) electrons. The molecule has 1 unspecified atom stereocenters. The fraction of sp³-hybridized carbons (Fsp3) is 0.750. The fourth-order valence-corrected chi connectivity index (χ4v) is 2.65. The van der Waals surface area contributed by atoms with Crippen molar-refractivity contribution in [1.29, 1.82) is 0 Å². The molecule has 0 amide bonds. The largest absolute Gasteiger partial charge is 0.383 e. The van der Waals surface area contributed by atoms with E-state index >= 15 is 0 Å². The van der Waals surface area contributed by atoms with Crippen LogP contribution in [-0.4, -0.2) is 42.3 Å². The molecular weight excluding hydrogens is 264 g/mol. The molecule has 21 heavy (non-hydrogen) atoms. The highest BCUT2D eigenvalue weighted by atomic mass is 16.5. The summed E-state index contributed by atoms with van der Waals surface area (Å²) in [6, 6.07) is 1.22. The van der Waals surface area contributed by atoms with Crippen LogP contribution in [0.2, 0.25) is 0 Å². The Bertz CT molecular complexity index is 442. The number of nitrogens with one attached hydrogen (secondary N) is 1. The van der Waals surface area contributed by atoms with E-state index in [1.165, 1.54) is 25.7 Å². The topological polar surface area (TPSA) is 50.3 Å². The Balaban J connectivity index is 1.62. The second-order valence-electron chi connectivity index (χ2n) is 6.31. The number of methoxy groups -OCH3 is 1. The van der Waals surface area contributed by atoms with Crippen molar-refractivity contribution < 1.29 is 4.74 Å². The van der Waals surface area contributed by atoms with Crippen LogP contribution in [0.3, 0.4) is 0 Å². The summed E-state index contributed by atoms with van der Waals surface area (Å²) < 4.78 is 5.23. The van der Waals surface area contributed by atoms with Gasteiger partial charge in [-0.25, -0.2) is 9.97 Å². The third-order valence-electron chi connectivity index (χ3n) is 4.45. The first-order chi connectivity index (χ1) is 10.3. The highest BCUT2D eigenvalue weighted by molar-refractivity contribution is 5.32. The molecule has 2 aliphatic carbocycles. The molecule has 0 aliphatic heterocycles. The lowest BCUT2D eigenvalue weighted by molar-refractivity contribution is 0.202. The molecule has 0 spiro atoms. The van der Waals surface area contributed by atoms with Crippen LogP contribution in [0, 0.1) is 5.92 Å². The predicted octanol–water partition coefficient (Wildman–Crippen LogP) is 1.98. The summed E-state index contributed by atoms with van der Waals surface area (Å²) in [5.74, 6) is 1.63. The molecule has 3 rings (SSSR count). The van der Waals surface area contributed by atoms with E-state index in [1.54, 1.807) is 7.11 Å². The minimum atomic E-state index is 0.496. The minimum Gasteiger partial charge on any atom is -0.383 e. The van der Waals surface area contributed by atoms with E-state index in [4.69, 9.17) is 4.74 Å². The van der Waals surface area contributed by atoms with E-state index < -0.39 is 0 Å². The molecular formula is C16H26N4O. The summed E-state index contributed by atoms with van der Waals surface area (Å²) in [5.41, 5.74) is 1.16. The molecule has 2 fully saturated rings. The summed E-state index contributed by atoms with van der Waals surface area (Å²) >= 11 is 0. The summed E-state index contributed by atoms with van der Waals surface area (Å²) in [4.78, 5) is 11.5. The first-order valence-electron chi connectivity index (χ1n) is 8.08. The summed E-state index contributed by atoms with van der Waals surface area (Å²) in [6.45, 7) is 4.72. The fourth-order valence-electron chi connectivity index (χ4n) is 2.65. The second-order valence-corrected chi connectivity index (χ2v) is 6.31. The number of hydrogen-bond acceptors (Lipinski definition) is 5. The average molecular weight is 290 g/mol. The number of anilines is 1. The molecule has 0 aromatic carbocycles.